The number of ether oxygens (including phenoxy) is 1. The quantitative estimate of drug-likeness (QED) is 0.261. The molecule has 4 heteroatoms. The van der Waals surface area contributed by atoms with Gasteiger partial charge in [-0.05, 0) is 6.42 Å². The van der Waals surface area contributed by atoms with Crippen LogP contribution >= 0.6 is 0 Å². The molecule has 0 unspecified atom stereocenters. The first-order valence-electron chi connectivity index (χ1n) is 3.21. The van der Waals surface area contributed by atoms with Crippen molar-refractivity contribution in [3.05, 3.63) is 12.3 Å². The van der Waals surface area contributed by atoms with Crippen LogP contribution in [0.4, 0.5) is 0 Å². The molecule has 0 spiro atoms. The van der Waals surface area contributed by atoms with Gasteiger partial charge in [-0.25, -0.2) is 9.59 Å². The lowest BCUT2D eigenvalue weighted by Gasteiger charge is -1.95. The highest BCUT2D eigenvalue weighted by Gasteiger charge is 1.92. The highest BCUT2D eigenvalue weighted by Crippen LogP contribution is 1.84. The van der Waals surface area contributed by atoms with Gasteiger partial charge in [0.15, 0.2) is 0 Å². The van der Waals surface area contributed by atoms with Crippen LogP contribution in [0.15, 0.2) is 17.3 Å². The molecular formula is C7H9NO3. The molecule has 0 rings (SSSR count). The molecule has 0 saturated carbocycles. The minimum Gasteiger partial charge on any atom is -0.463 e. The van der Waals surface area contributed by atoms with E-state index in [2.05, 4.69) is 9.73 Å². The second-order valence-corrected chi connectivity index (χ2v) is 1.70. The van der Waals surface area contributed by atoms with Crippen molar-refractivity contribution >= 4 is 12.0 Å². The summed E-state index contributed by atoms with van der Waals surface area (Å²) in [5.74, 6) is -0.495. The maximum atomic E-state index is 10.6. The Labute approximate surface area is 64.6 Å². The average molecular weight is 155 g/mol. The monoisotopic (exact) mass is 155 g/mol. The van der Waals surface area contributed by atoms with Gasteiger partial charge in [-0.15, -0.1) is 0 Å². The van der Waals surface area contributed by atoms with Crippen molar-refractivity contribution in [2.45, 2.75) is 13.3 Å². The van der Waals surface area contributed by atoms with Gasteiger partial charge in [0.25, 0.3) is 0 Å². The molecule has 4 nitrogen and oxygen atoms in total. The number of isocyanates is 1. The number of nitrogens with zero attached hydrogens (tertiary/aromatic N) is 1. The Morgan fingerprint density at radius 1 is 1.73 bits per heavy atom. The molecule has 0 N–H and O–H groups in total. The fourth-order valence-corrected chi connectivity index (χ4v) is 0.379. The van der Waals surface area contributed by atoms with E-state index in [9.17, 15) is 9.59 Å². The van der Waals surface area contributed by atoms with Gasteiger partial charge < -0.3 is 4.74 Å². The molecule has 0 aliphatic carbocycles. The van der Waals surface area contributed by atoms with Crippen LogP contribution < -0.4 is 0 Å². The molecule has 0 heterocycles. The molecule has 0 aromatic carbocycles. The lowest BCUT2D eigenvalue weighted by molar-refractivity contribution is -0.137. The van der Waals surface area contributed by atoms with E-state index >= 15 is 0 Å². The number of aliphatic imine (C=N–C) groups is 1. The number of hydrogen-bond acceptors (Lipinski definition) is 4. The fourth-order valence-electron chi connectivity index (χ4n) is 0.379. The molecular weight excluding hydrogens is 146 g/mol. The zero-order chi connectivity index (χ0) is 8.53. The Morgan fingerprint density at radius 3 is 3.00 bits per heavy atom. The van der Waals surface area contributed by atoms with E-state index in [1.54, 1.807) is 0 Å². The summed E-state index contributed by atoms with van der Waals surface area (Å²) in [4.78, 5) is 23.1. The number of esters is 1. The lowest BCUT2D eigenvalue weighted by atomic mass is 10.5. The van der Waals surface area contributed by atoms with Gasteiger partial charge in [0.05, 0.1) is 6.61 Å². The van der Waals surface area contributed by atoms with Crippen LogP contribution in [0.1, 0.15) is 13.3 Å². The maximum absolute atomic E-state index is 10.6. The molecule has 0 atom stereocenters. The normalized spacial score (nSPS) is 9.18. The molecule has 0 fully saturated rings. The van der Waals surface area contributed by atoms with Crippen LogP contribution in [0, 0.1) is 0 Å². The summed E-state index contributed by atoms with van der Waals surface area (Å²) in [6.07, 6.45) is 4.15. The van der Waals surface area contributed by atoms with Crippen molar-refractivity contribution in [1.29, 1.82) is 0 Å². The lowest BCUT2D eigenvalue weighted by Crippen LogP contribution is -2.00. The number of carbonyl (C=O) groups is 1. The highest BCUT2D eigenvalue weighted by atomic mass is 16.5. The third-order valence-electron chi connectivity index (χ3n) is 0.786. The molecule has 60 valence electrons. The minimum atomic E-state index is -0.495. The van der Waals surface area contributed by atoms with E-state index < -0.39 is 5.97 Å². The number of carbonyl (C=O) groups excluding carboxylic acids is 2. The van der Waals surface area contributed by atoms with Crippen LogP contribution in [0.3, 0.4) is 0 Å². The first-order chi connectivity index (χ1) is 5.31. The molecule has 0 amide bonds. The van der Waals surface area contributed by atoms with Crippen LogP contribution in [0.5, 0.6) is 0 Å². The van der Waals surface area contributed by atoms with E-state index in [1.165, 1.54) is 6.08 Å². The summed E-state index contributed by atoms with van der Waals surface area (Å²) < 4.78 is 4.62. The Morgan fingerprint density at radius 2 is 2.45 bits per heavy atom. The summed E-state index contributed by atoms with van der Waals surface area (Å²) in [7, 11) is 0. The average Bonchev–Trinajstić information content (AvgIpc) is 2.01. The predicted octanol–water partition coefficient (Wildman–Crippen LogP) is 0.789. The molecule has 0 aliphatic rings. The Balaban J connectivity index is 3.59. The molecule has 11 heavy (non-hydrogen) atoms. The van der Waals surface area contributed by atoms with Crippen molar-refractivity contribution in [3.8, 4) is 0 Å². The van der Waals surface area contributed by atoms with Gasteiger partial charge in [-0.1, -0.05) is 6.92 Å². The standard InChI is InChI=1S/C7H9NO3/c1-2-5-11-7(10)3-4-8-6-9/h3-4H,2,5H2,1H3. The highest BCUT2D eigenvalue weighted by molar-refractivity contribution is 5.81. The van der Waals surface area contributed by atoms with Crippen LogP contribution in [-0.2, 0) is 14.3 Å². The van der Waals surface area contributed by atoms with Crippen LogP contribution in [-0.4, -0.2) is 18.7 Å². The first-order valence-corrected chi connectivity index (χ1v) is 3.21. The maximum Gasteiger partial charge on any atom is 0.332 e. The van der Waals surface area contributed by atoms with Crippen LogP contribution in [0.2, 0.25) is 0 Å². The van der Waals surface area contributed by atoms with Gasteiger partial charge in [-0.2, -0.15) is 4.99 Å². The molecule has 0 radical (unpaired) electrons. The van der Waals surface area contributed by atoms with Crippen molar-refractivity contribution in [2.75, 3.05) is 6.61 Å². The predicted molar refractivity (Wildman–Crippen MR) is 38.5 cm³/mol. The third kappa shape index (κ3) is 6.48. The van der Waals surface area contributed by atoms with Crippen molar-refractivity contribution in [1.82, 2.24) is 0 Å². The number of rotatable bonds is 4. The van der Waals surface area contributed by atoms with E-state index in [1.807, 2.05) is 6.92 Å². The summed E-state index contributed by atoms with van der Waals surface area (Å²) >= 11 is 0. The number of hydrogen-bond donors (Lipinski definition) is 0. The van der Waals surface area contributed by atoms with Gasteiger partial charge in [0.1, 0.15) is 0 Å². The van der Waals surface area contributed by atoms with Crippen molar-refractivity contribution < 1.29 is 14.3 Å². The van der Waals surface area contributed by atoms with E-state index in [-0.39, 0.29) is 0 Å². The molecule has 0 aromatic rings. The Bertz CT molecular complexity index is 192. The van der Waals surface area contributed by atoms with E-state index in [0.717, 1.165) is 18.7 Å². The molecule has 0 saturated heterocycles. The Kier molecular flexibility index (Phi) is 5.85. The zero-order valence-corrected chi connectivity index (χ0v) is 6.24. The largest absolute Gasteiger partial charge is 0.463 e. The van der Waals surface area contributed by atoms with Gasteiger partial charge >= 0.3 is 5.97 Å². The van der Waals surface area contributed by atoms with Crippen molar-refractivity contribution in [2.24, 2.45) is 4.99 Å². The smallest absolute Gasteiger partial charge is 0.332 e. The fraction of sp³-hybridized carbons (Fsp3) is 0.429. The second kappa shape index (κ2) is 6.71. The second-order valence-electron chi connectivity index (χ2n) is 1.70. The van der Waals surface area contributed by atoms with E-state index in [0.29, 0.717) is 6.61 Å². The summed E-state index contributed by atoms with van der Waals surface area (Å²) in [5, 5.41) is 0. The van der Waals surface area contributed by atoms with Gasteiger partial charge in [-0.3, -0.25) is 0 Å². The minimum absolute atomic E-state index is 0.383. The molecule has 0 aromatic heterocycles. The summed E-state index contributed by atoms with van der Waals surface area (Å²) in [6.45, 7) is 2.27. The third-order valence-corrected chi connectivity index (χ3v) is 0.786. The molecule has 0 bridgehead atoms. The first kappa shape index (κ1) is 9.59. The van der Waals surface area contributed by atoms with Gasteiger partial charge in [0.2, 0.25) is 6.08 Å². The van der Waals surface area contributed by atoms with Crippen LogP contribution in [0.25, 0.3) is 0 Å². The van der Waals surface area contributed by atoms with Crippen molar-refractivity contribution in [3.63, 3.8) is 0 Å². The SMILES string of the molecule is CCCOC(=O)C=CN=C=O. The zero-order valence-electron chi connectivity index (χ0n) is 6.24. The molecule has 0 aliphatic heterocycles. The topological polar surface area (TPSA) is 55.7 Å². The summed E-state index contributed by atoms with van der Waals surface area (Å²) in [6, 6.07) is 0. The van der Waals surface area contributed by atoms with Gasteiger partial charge in [0, 0.05) is 12.3 Å². The van der Waals surface area contributed by atoms with E-state index in [4.69, 9.17) is 0 Å². The Hall–Kier alpha value is -1.41. The summed E-state index contributed by atoms with van der Waals surface area (Å²) in [5.41, 5.74) is 0.